The van der Waals surface area contributed by atoms with Crippen molar-refractivity contribution < 1.29 is 0 Å². The minimum atomic E-state index is 0.690. The summed E-state index contributed by atoms with van der Waals surface area (Å²) in [4.78, 5) is 0. The van der Waals surface area contributed by atoms with Crippen LogP contribution >= 0.6 is 0 Å². The van der Waals surface area contributed by atoms with Crippen molar-refractivity contribution in [2.75, 3.05) is 5.32 Å². The lowest BCUT2D eigenvalue weighted by atomic mass is 9.90. The maximum Gasteiger partial charge on any atom is 0.0992 e. The Balaban J connectivity index is 1.93. The second-order valence-electron chi connectivity index (χ2n) is 4.97. The normalized spacial score (nSPS) is 13.4. The third kappa shape index (κ3) is 2.46. The van der Waals surface area contributed by atoms with Gasteiger partial charge in [0.15, 0.2) is 0 Å². The van der Waals surface area contributed by atoms with Crippen LogP contribution in [0.25, 0.3) is 0 Å². The lowest BCUT2D eigenvalue weighted by molar-refractivity contribution is 0.687. The van der Waals surface area contributed by atoms with Gasteiger partial charge in [0.25, 0.3) is 0 Å². The molecule has 0 radical (unpaired) electrons. The third-order valence-electron chi connectivity index (χ3n) is 3.67. The SMILES string of the molecule is N#Cc1cccc(Nc2cccc3c2CCCC3)c1. The van der Waals surface area contributed by atoms with E-state index in [1.165, 1.54) is 36.1 Å². The number of nitrogens with zero attached hydrogens (tertiary/aromatic N) is 1. The molecule has 0 aliphatic heterocycles. The molecule has 2 nitrogen and oxygen atoms in total. The van der Waals surface area contributed by atoms with E-state index in [0.717, 1.165) is 12.1 Å². The fourth-order valence-electron chi connectivity index (χ4n) is 2.72. The Labute approximate surface area is 113 Å². The summed E-state index contributed by atoms with van der Waals surface area (Å²) in [5, 5.41) is 12.4. The van der Waals surface area contributed by atoms with E-state index in [-0.39, 0.29) is 0 Å². The maximum atomic E-state index is 8.94. The first-order chi connectivity index (χ1) is 9.36. The topological polar surface area (TPSA) is 35.8 Å². The summed E-state index contributed by atoms with van der Waals surface area (Å²) >= 11 is 0. The number of hydrogen-bond donors (Lipinski definition) is 1. The summed E-state index contributed by atoms with van der Waals surface area (Å²) < 4.78 is 0. The van der Waals surface area contributed by atoms with Gasteiger partial charge >= 0.3 is 0 Å². The van der Waals surface area contributed by atoms with E-state index in [0.29, 0.717) is 5.56 Å². The number of nitriles is 1. The van der Waals surface area contributed by atoms with Crippen LogP contribution < -0.4 is 5.32 Å². The van der Waals surface area contributed by atoms with Gasteiger partial charge in [-0.05, 0) is 61.1 Å². The van der Waals surface area contributed by atoms with E-state index >= 15 is 0 Å². The molecule has 0 spiro atoms. The highest BCUT2D eigenvalue weighted by Crippen LogP contribution is 2.30. The minimum Gasteiger partial charge on any atom is -0.355 e. The van der Waals surface area contributed by atoms with E-state index in [1.807, 2.05) is 24.3 Å². The van der Waals surface area contributed by atoms with Gasteiger partial charge in [0.05, 0.1) is 11.6 Å². The van der Waals surface area contributed by atoms with Crippen LogP contribution in [0.15, 0.2) is 42.5 Å². The largest absolute Gasteiger partial charge is 0.355 e. The molecule has 0 fully saturated rings. The minimum absolute atomic E-state index is 0.690. The standard InChI is InChI=1S/C17H16N2/c18-12-13-5-3-8-15(11-13)19-17-10-4-7-14-6-1-2-9-16(14)17/h3-5,7-8,10-11,19H,1-2,6,9H2. The highest BCUT2D eigenvalue weighted by atomic mass is 14.9. The van der Waals surface area contributed by atoms with Gasteiger partial charge in [0.1, 0.15) is 0 Å². The van der Waals surface area contributed by atoms with Crippen molar-refractivity contribution in [1.29, 1.82) is 5.26 Å². The zero-order chi connectivity index (χ0) is 13.1. The van der Waals surface area contributed by atoms with E-state index in [2.05, 4.69) is 29.6 Å². The van der Waals surface area contributed by atoms with Crippen LogP contribution in [0.1, 0.15) is 29.5 Å². The van der Waals surface area contributed by atoms with Crippen LogP contribution in [0.2, 0.25) is 0 Å². The van der Waals surface area contributed by atoms with Crippen molar-refractivity contribution in [2.45, 2.75) is 25.7 Å². The van der Waals surface area contributed by atoms with Gasteiger partial charge in [-0.25, -0.2) is 0 Å². The second kappa shape index (κ2) is 5.16. The van der Waals surface area contributed by atoms with Gasteiger partial charge in [0, 0.05) is 11.4 Å². The van der Waals surface area contributed by atoms with Gasteiger partial charge in [0.2, 0.25) is 0 Å². The molecular formula is C17H16N2. The third-order valence-corrected chi connectivity index (χ3v) is 3.67. The molecule has 0 saturated heterocycles. The molecule has 0 amide bonds. The molecule has 2 aromatic carbocycles. The molecule has 0 atom stereocenters. The molecule has 19 heavy (non-hydrogen) atoms. The van der Waals surface area contributed by atoms with Crippen molar-refractivity contribution >= 4 is 11.4 Å². The summed E-state index contributed by atoms with van der Waals surface area (Å²) in [5.74, 6) is 0. The zero-order valence-electron chi connectivity index (χ0n) is 10.8. The Hall–Kier alpha value is -2.27. The van der Waals surface area contributed by atoms with Gasteiger partial charge in [-0.15, -0.1) is 0 Å². The molecule has 0 aromatic heterocycles. The van der Waals surface area contributed by atoms with Crippen LogP contribution in [0.3, 0.4) is 0 Å². The molecule has 3 rings (SSSR count). The van der Waals surface area contributed by atoms with Crippen molar-refractivity contribution in [1.82, 2.24) is 0 Å². The number of rotatable bonds is 2. The zero-order valence-corrected chi connectivity index (χ0v) is 10.8. The fraction of sp³-hybridized carbons (Fsp3) is 0.235. The number of nitrogens with one attached hydrogen (secondary N) is 1. The molecule has 1 N–H and O–H groups in total. The number of anilines is 2. The van der Waals surface area contributed by atoms with Crippen LogP contribution in [0.4, 0.5) is 11.4 Å². The Morgan fingerprint density at radius 2 is 1.84 bits per heavy atom. The highest BCUT2D eigenvalue weighted by Gasteiger charge is 2.12. The molecular weight excluding hydrogens is 232 g/mol. The predicted octanol–water partition coefficient (Wildman–Crippen LogP) is 4.18. The molecule has 0 bridgehead atoms. The predicted molar refractivity (Wildman–Crippen MR) is 77.5 cm³/mol. The molecule has 0 unspecified atom stereocenters. The first kappa shape index (κ1) is 11.8. The lowest BCUT2D eigenvalue weighted by Crippen LogP contribution is -2.06. The van der Waals surface area contributed by atoms with Crippen molar-refractivity contribution in [3.63, 3.8) is 0 Å². The molecule has 2 aromatic rings. The van der Waals surface area contributed by atoms with Crippen LogP contribution in [-0.2, 0) is 12.8 Å². The van der Waals surface area contributed by atoms with Crippen molar-refractivity contribution in [3.05, 3.63) is 59.2 Å². The average Bonchev–Trinajstić information content (AvgIpc) is 2.48. The quantitative estimate of drug-likeness (QED) is 0.865. The summed E-state index contributed by atoms with van der Waals surface area (Å²) in [7, 11) is 0. The van der Waals surface area contributed by atoms with Crippen molar-refractivity contribution in [2.24, 2.45) is 0 Å². The average molecular weight is 248 g/mol. The fourth-order valence-corrected chi connectivity index (χ4v) is 2.72. The lowest BCUT2D eigenvalue weighted by Gasteiger charge is -2.20. The number of benzene rings is 2. The molecule has 94 valence electrons. The van der Waals surface area contributed by atoms with E-state index in [1.54, 1.807) is 0 Å². The van der Waals surface area contributed by atoms with E-state index < -0.39 is 0 Å². The first-order valence-electron chi connectivity index (χ1n) is 6.75. The number of aryl methyl sites for hydroxylation is 1. The smallest absolute Gasteiger partial charge is 0.0992 e. The Bertz CT molecular complexity index is 638. The highest BCUT2D eigenvalue weighted by molar-refractivity contribution is 5.66. The maximum absolute atomic E-state index is 8.94. The molecule has 0 saturated carbocycles. The number of fused-ring (bicyclic) bond motifs is 1. The summed E-state index contributed by atoms with van der Waals surface area (Å²) in [6.07, 6.45) is 4.89. The Kier molecular flexibility index (Phi) is 3.20. The van der Waals surface area contributed by atoms with Crippen LogP contribution in [0.5, 0.6) is 0 Å². The molecule has 2 heteroatoms. The molecule has 1 aliphatic rings. The monoisotopic (exact) mass is 248 g/mol. The van der Waals surface area contributed by atoms with Gasteiger partial charge in [-0.3, -0.25) is 0 Å². The summed E-state index contributed by atoms with van der Waals surface area (Å²) in [5.41, 5.74) is 5.77. The van der Waals surface area contributed by atoms with Gasteiger partial charge < -0.3 is 5.32 Å². The Morgan fingerprint density at radius 3 is 2.74 bits per heavy atom. The number of hydrogen-bond acceptors (Lipinski definition) is 2. The van der Waals surface area contributed by atoms with Crippen LogP contribution in [0, 0.1) is 11.3 Å². The van der Waals surface area contributed by atoms with E-state index in [4.69, 9.17) is 5.26 Å². The second-order valence-corrected chi connectivity index (χ2v) is 4.97. The first-order valence-corrected chi connectivity index (χ1v) is 6.75. The van der Waals surface area contributed by atoms with Crippen molar-refractivity contribution in [3.8, 4) is 6.07 Å². The summed E-state index contributed by atoms with van der Waals surface area (Å²) in [6, 6.07) is 16.3. The van der Waals surface area contributed by atoms with Crippen LogP contribution in [-0.4, -0.2) is 0 Å². The van der Waals surface area contributed by atoms with E-state index in [9.17, 15) is 0 Å². The summed E-state index contributed by atoms with van der Waals surface area (Å²) in [6.45, 7) is 0. The van der Waals surface area contributed by atoms with Gasteiger partial charge in [-0.2, -0.15) is 5.26 Å². The molecule has 1 aliphatic carbocycles. The van der Waals surface area contributed by atoms with Gasteiger partial charge in [-0.1, -0.05) is 18.2 Å². The Morgan fingerprint density at radius 1 is 1.00 bits per heavy atom. The molecule has 0 heterocycles.